The summed E-state index contributed by atoms with van der Waals surface area (Å²) in [5.74, 6) is 0.523. The Kier molecular flexibility index (Phi) is 8.75. The van der Waals surface area contributed by atoms with Gasteiger partial charge in [-0.15, -0.1) is 0 Å². The van der Waals surface area contributed by atoms with Gasteiger partial charge in [-0.25, -0.2) is 4.99 Å². The molecule has 42 heavy (non-hydrogen) atoms. The van der Waals surface area contributed by atoms with Gasteiger partial charge in [0.25, 0.3) is 5.88 Å². The molecule has 0 radical (unpaired) electrons. The summed E-state index contributed by atoms with van der Waals surface area (Å²) < 4.78 is 12.1. The second kappa shape index (κ2) is 12.6. The summed E-state index contributed by atoms with van der Waals surface area (Å²) in [6.07, 6.45) is 0.973. The smallest absolute Gasteiger partial charge is 0.327 e. The van der Waals surface area contributed by atoms with Crippen LogP contribution in [0.2, 0.25) is 0 Å². The second-order valence-corrected chi connectivity index (χ2v) is 9.40. The van der Waals surface area contributed by atoms with E-state index in [1.807, 2.05) is 14.1 Å². The molecule has 16 nitrogen and oxygen atoms in total. The lowest BCUT2D eigenvalue weighted by molar-refractivity contribution is -0.117. The van der Waals surface area contributed by atoms with E-state index in [1.165, 1.54) is 0 Å². The molecule has 220 valence electrons. The highest BCUT2D eigenvalue weighted by Crippen LogP contribution is 2.39. The maximum Gasteiger partial charge on any atom is 0.327 e. The van der Waals surface area contributed by atoms with Crippen LogP contribution in [0.5, 0.6) is 23.4 Å². The van der Waals surface area contributed by atoms with Crippen LogP contribution in [0.3, 0.4) is 0 Å². The van der Waals surface area contributed by atoms with Gasteiger partial charge in [0.15, 0.2) is 17.7 Å². The lowest BCUT2D eigenvalue weighted by atomic mass is 10.1. The van der Waals surface area contributed by atoms with E-state index in [4.69, 9.17) is 43.6 Å². The lowest BCUT2D eigenvalue weighted by Gasteiger charge is -2.27. The Morgan fingerprint density at radius 3 is 2.48 bits per heavy atom. The van der Waals surface area contributed by atoms with Crippen molar-refractivity contribution in [2.75, 3.05) is 36.2 Å². The maximum absolute atomic E-state index is 13.0. The van der Waals surface area contributed by atoms with Crippen LogP contribution in [0.15, 0.2) is 52.4 Å². The largest absolute Gasteiger partial charge is 0.437 e. The zero-order valence-electron chi connectivity index (χ0n) is 23.1. The first-order valence-electron chi connectivity index (χ1n) is 12.8. The Morgan fingerprint density at radius 2 is 1.79 bits per heavy atom. The van der Waals surface area contributed by atoms with Crippen molar-refractivity contribution in [3.8, 4) is 23.4 Å². The molecule has 16 heteroatoms. The van der Waals surface area contributed by atoms with Crippen LogP contribution in [0.1, 0.15) is 18.4 Å². The zero-order chi connectivity index (χ0) is 30.4. The summed E-state index contributed by atoms with van der Waals surface area (Å²) in [7, 11) is 3.63. The summed E-state index contributed by atoms with van der Waals surface area (Å²) in [6, 6.07) is 11.0. The first-order chi connectivity index (χ1) is 20.0. The summed E-state index contributed by atoms with van der Waals surface area (Å²) in [5.41, 5.74) is 29.4. The third-order valence-corrected chi connectivity index (χ3v) is 5.92. The average molecular weight is 576 g/mol. The quantitative estimate of drug-likeness (QED) is 0.0907. The van der Waals surface area contributed by atoms with Crippen LogP contribution in [0.25, 0.3) is 0 Å². The van der Waals surface area contributed by atoms with Crippen molar-refractivity contribution in [1.29, 1.82) is 5.41 Å². The minimum atomic E-state index is -0.623. The van der Waals surface area contributed by atoms with Crippen LogP contribution >= 0.6 is 0 Å². The predicted octanol–water partition coefficient (Wildman–Crippen LogP) is 1.10. The molecule has 0 saturated heterocycles. The van der Waals surface area contributed by atoms with Gasteiger partial charge in [-0.2, -0.15) is 9.97 Å². The first kappa shape index (κ1) is 29.2. The third-order valence-electron chi connectivity index (χ3n) is 5.92. The number of guanidine groups is 2. The van der Waals surface area contributed by atoms with Crippen molar-refractivity contribution in [1.82, 2.24) is 9.97 Å². The van der Waals surface area contributed by atoms with Crippen molar-refractivity contribution in [3.63, 3.8) is 0 Å². The van der Waals surface area contributed by atoms with Crippen LogP contribution in [0.4, 0.5) is 22.9 Å². The molecule has 0 bridgehead atoms. The van der Waals surface area contributed by atoms with E-state index in [1.54, 1.807) is 47.4 Å². The molecule has 1 atom stereocenters. The molecule has 0 saturated carbocycles. The number of amides is 1. The number of rotatable bonds is 11. The van der Waals surface area contributed by atoms with Crippen molar-refractivity contribution < 1.29 is 14.3 Å². The minimum Gasteiger partial charge on any atom is -0.437 e. The molecule has 1 unspecified atom stereocenters. The number of hydrogen-bond donors (Lipinski definition) is 8. The van der Waals surface area contributed by atoms with E-state index in [0.717, 1.165) is 0 Å². The van der Waals surface area contributed by atoms with Gasteiger partial charge < -0.3 is 53.7 Å². The number of nitrogens with two attached hydrogens (primary N) is 5. The molecule has 0 spiro atoms. The fraction of sp³-hybridized carbons (Fsp3) is 0.231. The van der Waals surface area contributed by atoms with E-state index in [0.29, 0.717) is 47.8 Å². The van der Waals surface area contributed by atoms with Crippen molar-refractivity contribution >= 4 is 46.5 Å². The van der Waals surface area contributed by atoms with Gasteiger partial charge in [0.2, 0.25) is 5.91 Å². The van der Waals surface area contributed by atoms with Crippen LogP contribution in [-0.2, 0) is 4.79 Å². The van der Waals surface area contributed by atoms with Gasteiger partial charge in [-0.05, 0) is 37.1 Å². The number of amidine groups is 1. The minimum absolute atomic E-state index is 0.0182. The summed E-state index contributed by atoms with van der Waals surface area (Å²) in [5, 5.41) is 13.8. The fourth-order valence-corrected chi connectivity index (χ4v) is 4.06. The second-order valence-electron chi connectivity index (χ2n) is 9.40. The molecule has 0 fully saturated rings. The summed E-state index contributed by atoms with van der Waals surface area (Å²) in [6.45, 7) is 0.365. The molecule has 13 N–H and O–H groups in total. The van der Waals surface area contributed by atoms with E-state index >= 15 is 0 Å². The van der Waals surface area contributed by atoms with Crippen LogP contribution in [-0.4, -0.2) is 60.3 Å². The molecule has 1 aromatic heterocycles. The van der Waals surface area contributed by atoms with Gasteiger partial charge >= 0.3 is 6.01 Å². The Balaban J connectivity index is 1.70. The number of hydrogen-bond acceptors (Lipinski definition) is 10. The average Bonchev–Trinajstić information content (AvgIpc) is 2.91. The van der Waals surface area contributed by atoms with Crippen molar-refractivity contribution in [2.24, 2.45) is 38.7 Å². The normalized spacial score (nSPS) is 13.6. The number of carbonyl (C=O) groups is 1. The number of fused-ring (bicyclic) bond motifs is 1. The number of benzene rings is 2. The molecule has 1 aliphatic rings. The molecular formula is C26H33N13O3. The third kappa shape index (κ3) is 7.23. The highest BCUT2D eigenvalue weighted by atomic mass is 16.5. The Labute approximate surface area is 241 Å². The maximum atomic E-state index is 13.0. The number of nitrogen functional groups attached to an aromatic ring is 1. The van der Waals surface area contributed by atoms with Gasteiger partial charge in [-0.1, -0.05) is 6.07 Å². The monoisotopic (exact) mass is 575 g/mol. The van der Waals surface area contributed by atoms with Gasteiger partial charge in [0.1, 0.15) is 29.1 Å². The number of nitrogens with zero attached hydrogens (tertiary/aromatic N) is 5. The van der Waals surface area contributed by atoms with Crippen LogP contribution in [0, 0.1) is 5.41 Å². The highest BCUT2D eigenvalue weighted by molar-refractivity contribution is 6.03. The highest BCUT2D eigenvalue weighted by Gasteiger charge is 2.31. The summed E-state index contributed by atoms with van der Waals surface area (Å²) in [4.78, 5) is 31.7. The van der Waals surface area contributed by atoms with E-state index < -0.39 is 6.04 Å². The number of ether oxygens (including phenoxy) is 2. The standard InChI is InChI=1S/C26H33N13O3/c1-39(2)18-12-15(8-9-16(18)20(27)28)41-23-19-21(35-17(22(40)36-19)7-4-10-33-24(29)30)37-26(38-23)42-14-6-3-5-13(11-14)34-25(31)32/h3,5-6,8-9,11-12,17H,4,7,10H2,1-2H3,(H3,27,28)(H,36,40)(H4,29,30,33)(H4,31,32,34)(H,35,37,38). The Hall–Kier alpha value is -5.80. The molecule has 3 aromatic rings. The number of aromatic nitrogens is 2. The molecular weight excluding hydrogens is 542 g/mol. The molecule has 2 aromatic carbocycles. The molecule has 0 aliphatic carbocycles. The van der Waals surface area contributed by atoms with E-state index in [-0.39, 0.29) is 47.1 Å². The molecule has 1 amide bonds. The zero-order valence-corrected chi connectivity index (χ0v) is 23.1. The van der Waals surface area contributed by atoms with Gasteiger partial charge in [0.05, 0.1) is 11.4 Å². The SMILES string of the molecule is CN(C)c1cc(Oc2nc(Oc3cccc(N=C(N)N)c3)nc3c2NC(=O)C(CCCN=C(N)N)N3)ccc1C(=N)N. The first-order valence-corrected chi connectivity index (χ1v) is 12.8. The van der Waals surface area contributed by atoms with E-state index in [2.05, 4.69) is 30.6 Å². The van der Waals surface area contributed by atoms with Gasteiger partial charge in [-0.3, -0.25) is 15.2 Å². The van der Waals surface area contributed by atoms with Crippen molar-refractivity contribution in [2.45, 2.75) is 18.9 Å². The molecule has 2 heterocycles. The van der Waals surface area contributed by atoms with Crippen LogP contribution < -0.4 is 53.7 Å². The lowest BCUT2D eigenvalue weighted by Crippen LogP contribution is -2.39. The van der Waals surface area contributed by atoms with E-state index in [9.17, 15) is 4.79 Å². The Morgan fingerprint density at radius 1 is 1.02 bits per heavy atom. The number of anilines is 3. The number of aliphatic imine (C=N–C) groups is 2. The molecule has 1 aliphatic heterocycles. The topological polar surface area (TPSA) is 267 Å². The fourth-order valence-electron chi connectivity index (χ4n) is 4.06. The molecule has 4 rings (SSSR count). The number of carbonyl (C=O) groups excluding carboxylic acids is 1. The van der Waals surface area contributed by atoms with Crippen molar-refractivity contribution in [3.05, 3.63) is 48.0 Å². The van der Waals surface area contributed by atoms with Gasteiger partial charge in [0, 0.05) is 38.3 Å². The summed E-state index contributed by atoms with van der Waals surface area (Å²) >= 11 is 0. The number of nitrogens with one attached hydrogen (secondary N) is 3. The Bertz CT molecular complexity index is 1550. The predicted molar refractivity (Wildman–Crippen MR) is 162 cm³/mol.